The molecule has 9 heteroatoms. The van der Waals surface area contributed by atoms with Crippen LogP contribution in [0.15, 0.2) is 46.4 Å². The number of nitrogens with one attached hydrogen (secondary N) is 1. The van der Waals surface area contributed by atoms with Gasteiger partial charge in [-0.05, 0) is 70.6 Å². The third kappa shape index (κ3) is 3.83. The van der Waals surface area contributed by atoms with E-state index in [-0.39, 0.29) is 22.0 Å². The van der Waals surface area contributed by atoms with E-state index in [1.807, 2.05) is 0 Å². The van der Waals surface area contributed by atoms with E-state index in [9.17, 15) is 14.7 Å². The lowest BCUT2D eigenvalue weighted by Crippen LogP contribution is -2.54. The number of methoxy groups -OCH3 is 1. The smallest absolute Gasteiger partial charge is 0.270 e. The molecule has 1 saturated heterocycles. The Morgan fingerprint density at radius 2 is 1.93 bits per heavy atom. The number of aromatic hydroxyl groups is 1. The van der Waals surface area contributed by atoms with Crippen LogP contribution in [0.4, 0.5) is 5.69 Å². The van der Waals surface area contributed by atoms with Gasteiger partial charge in [0.25, 0.3) is 11.8 Å². The number of hydrogen-bond donors (Lipinski definition) is 2. The Kier molecular flexibility index (Phi) is 5.50. The fourth-order valence-corrected chi connectivity index (χ4v) is 3.59. The van der Waals surface area contributed by atoms with Crippen molar-refractivity contribution < 1.29 is 19.4 Å². The van der Waals surface area contributed by atoms with Crippen LogP contribution in [0.25, 0.3) is 6.08 Å². The number of halogens is 2. The molecule has 2 aromatic carbocycles. The van der Waals surface area contributed by atoms with Gasteiger partial charge in [0.05, 0.1) is 17.3 Å². The molecule has 2 aromatic rings. The summed E-state index contributed by atoms with van der Waals surface area (Å²) in [6.07, 6.45) is 1.27. The number of carbonyl (C=O) groups excluding carboxylic acids is 2. The van der Waals surface area contributed by atoms with E-state index in [1.54, 1.807) is 24.3 Å². The van der Waals surface area contributed by atoms with Crippen LogP contribution in [-0.2, 0) is 9.59 Å². The summed E-state index contributed by atoms with van der Waals surface area (Å²) in [7, 11) is 1.53. The topological polar surface area (TPSA) is 78.9 Å². The Labute approximate surface area is 173 Å². The number of phenols is 1. The van der Waals surface area contributed by atoms with Gasteiger partial charge in [-0.2, -0.15) is 0 Å². The molecule has 1 fully saturated rings. The lowest BCUT2D eigenvalue weighted by molar-refractivity contribution is -0.122. The number of benzene rings is 2. The predicted octanol–water partition coefficient (Wildman–Crippen LogP) is 3.65. The SMILES string of the molecule is COc1ccc(N2C(=O)/C(=C\c3cc(Cl)cc(Br)c3O)C(=O)NC2=S)cc1. The van der Waals surface area contributed by atoms with Crippen molar-refractivity contribution in [2.45, 2.75) is 0 Å². The van der Waals surface area contributed by atoms with Gasteiger partial charge < -0.3 is 9.84 Å². The first-order valence-electron chi connectivity index (χ1n) is 7.55. The maximum Gasteiger partial charge on any atom is 0.270 e. The van der Waals surface area contributed by atoms with Crippen molar-refractivity contribution >= 4 is 68.4 Å². The highest BCUT2D eigenvalue weighted by Gasteiger charge is 2.34. The van der Waals surface area contributed by atoms with Gasteiger partial charge in [-0.3, -0.25) is 19.8 Å². The van der Waals surface area contributed by atoms with Gasteiger partial charge in [0, 0.05) is 10.6 Å². The molecular formula is C18H12BrClN2O4S. The molecule has 0 aliphatic carbocycles. The zero-order chi connectivity index (χ0) is 19.7. The quantitative estimate of drug-likeness (QED) is 0.409. The summed E-state index contributed by atoms with van der Waals surface area (Å²) in [6, 6.07) is 9.58. The van der Waals surface area contributed by atoms with E-state index in [1.165, 1.54) is 30.2 Å². The number of nitrogens with zero attached hydrogens (tertiary/aromatic N) is 1. The molecule has 6 nitrogen and oxygen atoms in total. The molecule has 138 valence electrons. The van der Waals surface area contributed by atoms with Crippen molar-refractivity contribution in [3.05, 3.63) is 57.0 Å². The molecule has 0 spiro atoms. The van der Waals surface area contributed by atoms with Gasteiger partial charge in [0.1, 0.15) is 17.1 Å². The number of rotatable bonds is 3. The molecule has 1 heterocycles. The first kappa shape index (κ1) is 19.3. The molecule has 0 bridgehead atoms. The Hall–Kier alpha value is -2.42. The van der Waals surface area contributed by atoms with Crippen LogP contribution in [0.2, 0.25) is 5.02 Å². The maximum absolute atomic E-state index is 12.9. The fraction of sp³-hybridized carbons (Fsp3) is 0.0556. The van der Waals surface area contributed by atoms with Crippen LogP contribution >= 0.6 is 39.7 Å². The van der Waals surface area contributed by atoms with Crippen molar-refractivity contribution in [1.82, 2.24) is 5.32 Å². The number of ether oxygens (including phenoxy) is 1. The zero-order valence-electron chi connectivity index (χ0n) is 13.8. The standard InChI is InChI=1S/C18H12BrClN2O4S/c1-26-12-4-2-11(3-5-12)22-17(25)13(16(24)21-18(22)27)7-9-6-10(20)8-14(19)15(9)23/h2-8,23H,1H3,(H,21,24,27)/b13-7-. The van der Waals surface area contributed by atoms with Gasteiger partial charge in [-0.15, -0.1) is 0 Å². The van der Waals surface area contributed by atoms with E-state index in [4.69, 9.17) is 28.6 Å². The van der Waals surface area contributed by atoms with E-state index < -0.39 is 11.8 Å². The Morgan fingerprint density at radius 3 is 2.56 bits per heavy atom. The average Bonchev–Trinajstić information content (AvgIpc) is 2.62. The van der Waals surface area contributed by atoms with Crippen molar-refractivity contribution in [3.8, 4) is 11.5 Å². The van der Waals surface area contributed by atoms with Crippen LogP contribution in [0.1, 0.15) is 5.56 Å². The molecule has 0 atom stereocenters. The van der Waals surface area contributed by atoms with Crippen molar-refractivity contribution in [2.24, 2.45) is 0 Å². The third-order valence-corrected chi connectivity index (χ3v) is 4.90. The van der Waals surface area contributed by atoms with E-state index >= 15 is 0 Å². The largest absolute Gasteiger partial charge is 0.506 e. The number of hydrogen-bond acceptors (Lipinski definition) is 5. The minimum Gasteiger partial charge on any atom is -0.506 e. The minimum atomic E-state index is -0.662. The van der Waals surface area contributed by atoms with Crippen molar-refractivity contribution in [2.75, 3.05) is 12.0 Å². The van der Waals surface area contributed by atoms with Gasteiger partial charge in [0.2, 0.25) is 0 Å². The molecule has 0 radical (unpaired) electrons. The predicted molar refractivity (Wildman–Crippen MR) is 110 cm³/mol. The second-order valence-electron chi connectivity index (χ2n) is 5.48. The van der Waals surface area contributed by atoms with E-state index in [0.717, 1.165) is 0 Å². The first-order chi connectivity index (χ1) is 12.8. The maximum atomic E-state index is 12.9. The normalized spacial score (nSPS) is 15.9. The highest BCUT2D eigenvalue weighted by Crippen LogP contribution is 2.33. The molecule has 2 N–H and O–H groups in total. The monoisotopic (exact) mass is 466 g/mol. The number of carbonyl (C=O) groups is 2. The summed E-state index contributed by atoms with van der Waals surface area (Å²) in [5.41, 5.74) is 0.493. The molecule has 1 aliphatic heterocycles. The molecular weight excluding hydrogens is 456 g/mol. The second-order valence-corrected chi connectivity index (χ2v) is 7.16. The summed E-state index contributed by atoms with van der Waals surface area (Å²) in [4.78, 5) is 26.4. The Morgan fingerprint density at radius 1 is 1.26 bits per heavy atom. The minimum absolute atomic E-state index is 0.0381. The summed E-state index contributed by atoms with van der Waals surface area (Å²) >= 11 is 14.3. The molecule has 0 unspecified atom stereocenters. The van der Waals surface area contributed by atoms with Crippen LogP contribution < -0.4 is 15.0 Å². The lowest BCUT2D eigenvalue weighted by Gasteiger charge is -2.29. The summed E-state index contributed by atoms with van der Waals surface area (Å²) in [5.74, 6) is -0.811. The average molecular weight is 468 g/mol. The van der Waals surface area contributed by atoms with Gasteiger partial charge in [-0.25, -0.2) is 0 Å². The molecule has 3 rings (SSSR count). The van der Waals surface area contributed by atoms with Gasteiger partial charge in [-0.1, -0.05) is 11.6 Å². The lowest BCUT2D eigenvalue weighted by atomic mass is 10.1. The fourth-order valence-electron chi connectivity index (χ4n) is 2.47. The summed E-state index contributed by atoms with van der Waals surface area (Å²) in [6.45, 7) is 0. The summed E-state index contributed by atoms with van der Waals surface area (Å²) < 4.78 is 5.44. The highest BCUT2D eigenvalue weighted by atomic mass is 79.9. The van der Waals surface area contributed by atoms with Gasteiger partial charge >= 0.3 is 0 Å². The van der Waals surface area contributed by atoms with Crippen LogP contribution in [-0.4, -0.2) is 29.1 Å². The van der Waals surface area contributed by atoms with Crippen LogP contribution in [0.5, 0.6) is 11.5 Å². The third-order valence-electron chi connectivity index (χ3n) is 3.79. The Balaban J connectivity index is 2.04. The molecule has 0 saturated carbocycles. The zero-order valence-corrected chi connectivity index (χ0v) is 17.0. The molecule has 1 aliphatic rings. The van der Waals surface area contributed by atoms with Crippen molar-refractivity contribution in [3.63, 3.8) is 0 Å². The van der Waals surface area contributed by atoms with Gasteiger partial charge in [0.15, 0.2) is 5.11 Å². The molecule has 27 heavy (non-hydrogen) atoms. The second kappa shape index (κ2) is 7.67. The van der Waals surface area contributed by atoms with E-state index in [2.05, 4.69) is 21.2 Å². The highest BCUT2D eigenvalue weighted by molar-refractivity contribution is 9.10. The number of anilines is 1. The first-order valence-corrected chi connectivity index (χ1v) is 9.13. The summed E-state index contributed by atoms with van der Waals surface area (Å²) in [5, 5.41) is 12.9. The van der Waals surface area contributed by atoms with E-state index in [0.29, 0.717) is 20.9 Å². The number of phenolic OH excluding ortho intramolecular Hbond substituents is 1. The molecule has 2 amide bonds. The van der Waals surface area contributed by atoms with Crippen molar-refractivity contribution in [1.29, 1.82) is 0 Å². The number of amides is 2. The van der Waals surface area contributed by atoms with Crippen LogP contribution in [0, 0.1) is 0 Å². The Bertz CT molecular complexity index is 992. The molecule has 0 aromatic heterocycles. The number of thiocarbonyl (C=S) groups is 1. The van der Waals surface area contributed by atoms with Crippen LogP contribution in [0.3, 0.4) is 0 Å².